The molecule has 32 heavy (non-hydrogen) atoms. The molecule has 0 unspecified atom stereocenters. The molecule has 2 heterocycles. The lowest BCUT2D eigenvalue weighted by Gasteiger charge is -2.26. The van der Waals surface area contributed by atoms with Crippen LogP contribution in [0.4, 0.5) is 0 Å². The third kappa shape index (κ3) is 4.34. The molecule has 4 rings (SSSR count). The Morgan fingerprint density at radius 2 is 1.91 bits per heavy atom. The predicted octanol–water partition coefficient (Wildman–Crippen LogP) is 2.14. The van der Waals surface area contributed by atoms with Crippen molar-refractivity contribution in [3.8, 4) is 17.1 Å². The maximum Gasteiger partial charge on any atom is 0.357 e. The summed E-state index contributed by atoms with van der Waals surface area (Å²) in [4.78, 5) is 14.7. The number of aromatic hydroxyl groups is 1. The monoisotopic (exact) mass is 458 g/mol. The maximum atomic E-state index is 13.5. The van der Waals surface area contributed by atoms with Crippen LogP contribution in [0.5, 0.6) is 5.75 Å². The summed E-state index contributed by atoms with van der Waals surface area (Å²) in [7, 11) is -4.21. The van der Waals surface area contributed by atoms with Gasteiger partial charge < -0.3 is 9.84 Å². The molecular weight excluding hydrogens is 432 g/mol. The van der Waals surface area contributed by atoms with Gasteiger partial charge >= 0.3 is 5.69 Å². The number of phenols is 1. The van der Waals surface area contributed by atoms with Crippen LogP contribution in [0.2, 0.25) is 0 Å². The second-order valence-corrected chi connectivity index (χ2v) is 9.87. The molecular formula is C22H26N4O5S. The summed E-state index contributed by atoms with van der Waals surface area (Å²) in [6, 6.07) is 11.3. The van der Waals surface area contributed by atoms with Crippen LogP contribution in [0, 0.1) is 0 Å². The Bertz CT molecular complexity index is 1270. The first kappa shape index (κ1) is 22.3. The van der Waals surface area contributed by atoms with Gasteiger partial charge in [0.05, 0.1) is 18.1 Å². The van der Waals surface area contributed by atoms with Crippen molar-refractivity contribution < 1.29 is 18.3 Å². The fourth-order valence-corrected chi connectivity index (χ4v) is 5.17. The fourth-order valence-electron chi connectivity index (χ4n) is 3.78. The molecule has 0 spiro atoms. The molecule has 0 saturated carbocycles. The normalized spacial score (nSPS) is 15.3. The highest BCUT2D eigenvalue weighted by Gasteiger charge is 2.26. The Morgan fingerprint density at radius 3 is 2.62 bits per heavy atom. The Morgan fingerprint density at radius 1 is 1.16 bits per heavy atom. The highest BCUT2D eigenvalue weighted by molar-refractivity contribution is 7.90. The highest BCUT2D eigenvalue weighted by atomic mass is 32.2. The van der Waals surface area contributed by atoms with E-state index in [2.05, 4.69) is 15.1 Å². The summed E-state index contributed by atoms with van der Waals surface area (Å²) in [6.45, 7) is 7.27. The zero-order chi connectivity index (χ0) is 22.9. The van der Waals surface area contributed by atoms with Crippen molar-refractivity contribution in [2.24, 2.45) is 0 Å². The SMILES string of the molecule is CC(C)c1cc(-c2n[nH]c(=O)n2S(=O)(=O)c2cccc(CN3CCOCC3)c2)ccc1O. The van der Waals surface area contributed by atoms with Crippen molar-refractivity contribution in [1.82, 2.24) is 19.1 Å². The number of rotatable bonds is 6. The molecule has 170 valence electrons. The number of aromatic nitrogens is 3. The Labute approximate surface area is 186 Å². The van der Waals surface area contributed by atoms with Crippen LogP contribution in [-0.2, 0) is 21.3 Å². The van der Waals surface area contributed by atoms with Crippen molar-refractivity contribution >= 4 is 10.0 Å². The van der Waals surface area contributed by atoms with Gasteiger partial charge in [0.1, 0.15) is 5.75 Å². The summed E-state index contributed by atoms with van der Waals surface area (Å²) < 4.78 is 33.0. The molecule has 2 N–H and O–H groups in total. The van der Waals surface area contributed by atoms with Crippen molar-refractivity contribution in [3.63, 3.8) is 0 Å². The molecule has 1 fully saturated rings. The predicted molar refractivity (Wildman–Crippen MR) is 119 cm³/mol. The summed E-state index contributed by atoms with van der Waals surface area (Å²) in [5.41, 5.74) is 1.03. The van der Waals surface area contributed by atoms with Gasteiger partial charge in [-0.25, -0.2) is 18.3 Å². The summed E-state index contributed by atoms with van der Waals surface area (Å²) >= 11 is 0. The van der Waals surface area contributed by atoms with Gasteiger partial charge in [-0.05, 0) is 47.4 Å². The number of hydrogen-bond donors (Lipinski definition) is 2. The van der Waals surface area contributed by atoms with Gasteiger partial charge in [0.2, 0.25) is 0 Å². The number of aromatic amines is 1. The fraction of sp³-hybridized carbons (Fsp3) is 0.364. The first-order valence-electron chi connectivity index (χ1n) is 10.4. The third-order valence-corrected chi connectivity index (χ3v) is 7.16. The lowest BCUT2D eigenvalue weighted by molar-refractivity contribution is 0.0341. The number of H-pyrrole nitrogens is 1. The first-order valence-corrected chi connectivity index (χ1v) is 11.9. The van der Waals surface area contributed by atoms with Crippen LogP contribution in [-0.4, -0.2) is 58.9 Å². The van der Waals surface area contributed by atoms with Crippen LogP contribution in [0.15, 0.2) is 52.2 Å². The van der Waals surface area contributed by atoms with E-state index in [4.69, 9.17) is 4.74 Å². The molecule has 0 bridgehead atoms. The van der Waals surface area contributed by atoms with Gasteiger partial charge in [-0.3, -0.25) is 4.90 Å². The van der Waals surface area contributed by atoms with Crippen LogP contribution in [0.1, 0.15) is 30.9 Å². The Balaban J connectivity index is 1.73. The van der Waals surface area contributed by atoms with Crippen LogP contribution in [0.3, 0.4) is 0 Å². The Kier molecular flexibility index (Phi) is 6.18. The maximum absolute atomic E-state index is 13.5. The van der Waals surface area contributed by atoms with Gasteiger partial charge in [0, 0.05) is 25.2 Å². The van der Waals surface area contributed by atoms with Crippen molar-refractivity contribution in [2.75, 3.05) is 26.3 Å². The largest absolute Gasteiger partial charge is 0.508 e. The van der Waals surface area contributed by atoms with Crippen molar-refractivity contribution in [3.05, 3.63) is 64.1 Å². The second kappa shape index (κ2) is 8.89. The molecule has 9 nitrogen and oxygen atoms in total. The van der Waals surface area contributed by atoms with Crippen LogP contribution >= 0.6 is 0 Å². The second-order valence-electron chi connectivity index (χ2n) is 8.09. The van der Waals surface area contributed by atoms with Gasteiger partial charge in [0.25, 0.3) is 10.0 Å². The van der Waals surface area contributed by atoms with E-state index < -0.39 is 15.7 Å². The lowest BCUT2D eigenvalue weighted by Crippen LogP contribution is -2.35. The molecule has 1 saturated heterocycles. The summed E-state index contributed by atoms with van der Waals surface area (Å²) in [5.74, 6) is 0.0740. The van der Waals surface area contributed by atoms with Crippen LogP contribution in [0.25, 0.3) is 11.4 Å². The average molecular weight is 459 g/mol. The minimum Gasteiger partial charge on any atom is -0.508 e. The van der Waals surface area contributed by atoms with E-state index in [1.54, 1.807) is 18.2 Å². The number of ether oxygens (including phenoxy) is 1. The Hall–Kier alpha value is -2.95. The van der Waals surface area contributed by atoms with E-state index in [1.165, 1.54) is 18.2 Å². The van der Waals surface area contributed by atoms with E-state index in [9.17, 15) is 18.3 Å². The minimum atomic E-state index is -4.21. The van der Waals surface area contributed by atoms with E-state index in [0.717, 1.165) is 18.7 Å². The molecule has 10 heteroatoms. The van der Waals surface area contributed by atoms with Crippen molar-refractivity contribution in [2.45, 2.75) is 31.2 Å². The molecule has 1 aliphatic rings. The molecule has 1 aromatic heterocycles. The summed E-state index contributed by atoms with van der Waals surface area (Å²) in [6.07, 6.45) is 0. The third-order valence-electron chi connectivity index (χ3n) is 5.49. The zero-order valence-corrected chi connectivity index (χ0v) is 18.8. The van der Waals surface area contributed by atoms with Crippen LogP contribution < -0.4 is 5.69 Å². The van der Waals surface area contributed by atoms with Gasteiger partial charge in [-0.2, -0.15) is 9.07 Å². The molecule has 0 amide bonds. The number of hydrogen-bond acceptors (Lipinski definition) is 7. The van der Waals surface area contributed by atoms with Gasteiger partial charge in [-0.15, -0.1) is 0 Å². The standard InChI is InChI=1S/C22H26N4O5S/c1-15(2)19-13-17(6-7-20(19)27)21-23-24-22(28)26(21)32(29,30)18-5-3-4-16(12-18)14-25-8-10-31-11-9-25/h3-7,12-13,15,27H,8-11,14H2,1-2H3,(H,24,28). The molecule has 2 aromatic carbocycles. The highest BCUT2D eigenvalue weighted by Crippen LogP contribution is 2.30. The van der Waals surface area contributed by atoms with E-state index in [1.807, 2.05) is 19.9 Å². The molecule has 0 aliphatic carbocycles. The molecule has 0 atom stereocenters. The zero-order valence-electron chi connectivity index (χ0n) is 18.0. The van der Waals surface area contributed by atoms with Crippen molar-refractivity contribution in [1.29, 1.82) is 0 Å². The summed E-state index contributed by atoms with van der Waals surface area (Å²) in [5, 5.41) is 16.3. The number of phenolic OH excluding ortho intramolecular Hbond substituents is 1. The number of benzene rings is 2. The topological polar surface area (TPSA) is 118 Å². The lowest BCUT2D eigenvalue weighted by atomic mass is 9.99. The number of nitrogens with zero attached hydrogens (tertiary/aromatic N) is 3. The molecule has 3 aromatic rings. The molecule has 1 aliphatic heterocycles. The molecule has 0 radical (unpaired) electrons. The van der Waals surface area contributed by atoms with E-state index in [0.29, 0.717) is 34.9 Å². The number of morpholine rings is 1. The number of nitrogens with one attached hydrogen (secondary N) is 1. The smallest absolute Gasteiger partial charge is 0.357 e. The van der Waals surface area contributed by atoms with Gasteiger partial charge in [0.15, 0.2) is 5.82 Å². The quantitative estimate of drug-likeness (QED) is 0.581. The first-order chi connectivity index (χ1) is 15.3. The minimum absolute atomic E-state index is 0.00235. The van der Waals surface area contributed by atoms with E-state index >= 15 is 0 Å². The van der Waals surface area contributed by atoms with Gasteiger partial charge in [-0.1, -0.05) is 26.0 Å². The average Bonchev–Trinajstić information content (AvgIpc) is 3.17. The van der Waals surface area contributed by atoms with E-state index in [-0.39, 0.29) is 22.4 Å².